The van der Waals surface area contributed by atoms with Gasteiger partial charge in [0.25, 0.3) is 0 Å². The van der Waals surface area contributed by atoms with Crippen molar-refractivity contribution in [3.63, 3.8) is 0 Å². The number of nitrogens with zero attached hydrogens (tertiary/aromatic N) is 4. The first-order valence-corrected chi connectivity index (χ1v) is 13.7. The Morgan fingerprint density at radius 1 is 0.471 bits per heavy atom. The quantitative estimate of drug-likeness (QED) is 0.185. The van der Waals surface area contributed by atoms with Gasteiger partial charge in [0.1, 0.15) is 22.1 Å². The highest BCUT2D eigenvalue weighted by atomic mass is 79.9. The average Bonchev–Trinajstić information content (AvgIpc) is 3.39. The largest absolute Gasteiger partial charge is 0.252 e. The van der Waals surface area contributed by atoms with Crippen molar-refractivity contribution in [1.29, 1.82) is 0 Å². The van der Waals surface area contributed by atoms with Crippen molar-refractivity contribution in [3.05, 3.63) is 80.9 Å². The Balaban J connectivity index is 1.70. The summed E-state index contributed by atoms with van der Waals surface area (Å²) in [4.78, 5) is 21.6. The standard InChI is InChI=1S/C26H12Br2N4S2/c27-25-15-7-3-1-5-13(15)23(33-25)17-19-21(31-11-9-29-19)18(22-20(17)30-10-12-32-22)24-14-6-2-4-8-16(14)26(28)34-24/h1-12H. The monoisotopic (exact) mass is 602 g/mol. The van der Waals surface area contributed by atoms with Crippen molar-refractivity contribution in [2.75, 3.05) is 0 Å². The van der Waals surface area contributed by atoms with Crippen molar-refractivity contribution < 1.29 is 0 Å². The van der Waals surface area contributed by atoms with Crippen LogP contribution in [0.15, 0.2) is 80.9 Å². The van der Waals surface area contributed by atoms with Crippen LogP contribution < -0.4 is 0 Å². The van der Waals surface area contributed by atoms with E-state index in [9.17, 15) is 0 Å². The zero-order valence-electron chi connectivity index (χ0n) is 17.3. The number of hydrogen-bond acceptors (Lipinski definition) is 6. The third-order valence-electron chi connectivity index (χ3n) is 5.95. The van der Waals surface area contributed by atoms with Gasteiger partial charge in [-0.1, -0.05) is 48.5 Å². The first-order valence-electron chi connectivity index (χ1n) is 10.4. The Bertz CT molecular complexity index is 1710. The molecule has 0 bridgehead atoms. The van der Waals surface area contributed by atoms with Crippen LogP contribution in [0.5, 0.6) is 0 Å². The van der Waals surface area contributed by atoms with E-state index in [0.717, 1.165) is 61.3 Å². The number of aromatic nitrogens is 4. The van der Waals surface area contributed by atoms with Gasteiger partial charge in [-0.3, -0.25) is 19.9 Å². The van der Waals surface area contributed by atoms with E-state index in [-0.39, 0.29) is 0 Å². The molecule has 4 nitrogen and oxygen atoms in total. The maximum atomic E-state index is 4.85. The van der Waals surface area contributed by atoms with Crippen LogP contribution in [-0.4, -0.2) is 19.9 Å². The molecule has 4 heterocycles. The fraction of sp³-hybridized carbons (Fsp3) is 0. The van der Waals surface area contributed by atoms with E-state index < -0.39 is 0 Å². The van der Waals surface area contributed by atoms with Gasteiger partial charge in [0.2, 0.25) is 0 Å². The molecule has 0 spiro atoms. The molecular formula is C26H12Br2N4S2. The predicted molar refractivity (Wildman–Crippen MR) is 150 cm³/mol. The lowest BCUT2D eigenvalue weighted by Gasteiger charge is -2.13. The first-order chi connectivity index (χ1) is 16.7. The molecule has 162 valence electrons. The lowest BCUT2D eigenvalue weighted by Crippen LogP contribution is -1.96. The number of halogens is 2. The number of rotatable bonds is 2. The molecule has 7 rings (SSSR count). The first kappa shape index (κ1) is 20.6. The Morgan fingerprint density at radius 2 is 0.794 bits per heavy atom. The van der Waals surface area contributed by atoms with E-state index >= 15 is 0 Å². The van der Waals surface area contributed by atoms with Crippen LogP contribution in [0.4, 0.5) is 0 Å². The highest BCUT2D eigenvalue weighted by Crippen LogP contribution is 2.50. The summed E-state index contributed by atoms with van der Waals surface area (Å²) in [5, 5.41) is 4.67. The van der Waals surface area contributed by atoms with Crippen molar-refractivity contribution in [2.45, 2.75) is 0 Å². The second kappa shape index (κ2) is 7.88. The molecule has 0 radical (unpaired) electrons. The minimum absolute atomic E-state index is 0.832. The van der Waals surface area contributed by atoms with Gasteiger partial charge >= 0.3 is 0 Å². The normalized spacial score (nSPS) is 11.8. The van der Waals surface area contributed by atoms with E-state index in [0.29, 0.717) is 0 Å². The highest BCUT2D eigenvalue weighted by Gasteiger charge is 2.25. The van der Waals surface area contributed by atoms with Crippen LogP contribution in [0, 0.1) is 0 Å². The van der Waals surface area contributed by atoms with E-state index in [2.05, 4.69) is 80.4 Å². The second-order valence-corrected chi connectivity index (χ2v) is 12.4. The number of thiophene rings is 2. The summed E-state index contributed by atoms with van der Waals surface area (Å²) in [6.07, 6.45) is 7.02. The summed E-state index contributed by atoms with van der Waals surface area (Å²) >= 11 is 10.9. The van der Waals surface area contributed by atoms with Crippen LogP contribution in [0.2, 0.25) is 0 Å². The number of benzene rings is 3. The zero-order valence-corrected chi connectivity index (χ0v) is 22.1. The van der Waals surface area contributed by atoms with E-state index in [1.165, 1.54) is 10.8 Å². The lowest BCUT2D eigenvalue weighted by molar-refractivity contribution is 1.27. The fourth-order valence-electron chi connectivity index (χ4n) is 4.54. The van der Waals surface area contributed by atoms with Crippen LogP contribution in [0.3, 0.4) is 0 Å². The minimum atomic E-state index is 0.832. The maximum absolute atomic E-state index is 4.85. The van der Waals surface area contributed by atoms with Crippen molar-refractivity contribution in [1.82, 2.24) is 19.9 Å². The summed E-state index contributed by atoms with van der Waals surface area (Å²) in [5.74, 6) is 0. The maximum Gasteiger partial charge on any atom is 0.100 e. The summed E-state index contributed by atoms with van der Waals surface area (Å²) in [5.41, 5.74) is 5.28. The summed E-state index contributed by atoms with van der Waals surface area (Å²) < 4.78 is 2.17. The number of fused-ring (bicyclic) bond motifs is 4. The Hall–Kier alpha value is -2.78. The predicted octanol–water partition coefficient (Wildman–Crippen LogP) is 8.86. The van der Waals surface area contributed by atoms with Gasteiger partial charge in [-0.2, -0.15) is 0 Å². The second-order valence-electron chi connectivity index (χ2n) is 7.76. The van der Waals surface area contributed by atoms with E-state index in [4.69, 9.17) is 19.9 Å². The molecule has 4 aromatic heterocycles. The van der Waals surface area contributed by atoms with Gasteiger partial charge in [0, 0.05) is 67.2 Å². The topological polar surface area (TPSA) is 51.6 Å². The van der Waals surface area contributed by atoms with Crippen LogP contribution in [-0.2, 0) is 0 Å². The van der Waals surface area contributed by atoms with Gasteiger partial charge in [0.05, 0.1) is 7.57 Å². The highest BCUT2D eigenvalue weighted by molar-refractivity contribution is 9.11. The molecule has 0 saturated heterocycles. The molecular weight excluding hydrogens is 592 g/mol. The average molecular weight is 604 g/mol. The molecule has 0 N–H and O–H groups in total. The third kappa shape index (κ3) is 2.92. The van der Waals surface area contributed by atoms with E-state index in [1.807, 2.05) is 0 Å². The molecule has 0 unspecified atom stereocenters. The van der Waals surface area contributed by atoms with E-state index in [1.54, 1.807) is 47.5 Å². The molecule has 0 saturated carbocycles. The van der Waals surface area contributed by atoms with Crippen molar-refractivity contribution in [3.8, 4) is 20.9 Å². The van der Waals surface area contributed by atoms with Gasteiger partial charge in [-0.05, 0) is 31.9 Å². The van der Waals surface area contributed by atoms with Crippen molar-refractivity contribution >= 4 is 98.1 Å². The minimum Gasteiger partial charge on any atom is -0.252 e. The summed E-state index contributed by atoms with van der Waals surface area (Å²) in [6.45, 7) is 0. The Kier molecular flexibility index (Phi) is 4.77. The smallest absolute Gasteiger partial charge is 0.100 e. The van der Waals surface area contributed by atoms with Crippen molar-refractivity contribution in [2.24, 2.45) is 0 Å². The van der Waals surface area contributed by atoms with Crippen LogP contribution in [0.25, 0.3) is 64.5 Å². The number of hydrogen-bond donors (Lipinski definition) is 0. The lowest BCUT2D eigenvalue weighted by atomic mass is 9.98. The molecule has 3 aromatic carbocycles. The SMILES string of the molecule is Brc1sc(-c2c3nccnc3c(-c3sc(Br)c4ccccc34)c3nccnc23)c2ccccc12. The van der Waals surface area contributed by atoms with Gasteiger partial charge in [0.15, 0.2) is 0 Å². The van der Waals surface area contributed by atoms with Gasteiger partial charge in [-0.25, -0.2) is 0 Å². The molecule has 0 amide bonds. The molecule has 0 aliphatic rings. The van der Waals surface area contributed by atoms with Gasteiger partial charge in [-0.15, -0.1) is 22.7 Å². The van der Waals surface area contributed by atoms with Crippen LogP contribution in [0.1, 0.15) is 0 Å². The zero-order chi connectivity index (χ0) is 22.8. The third-order valence-corrected chi connectivity index (χ3v) is 9.83. The summed E-state index contributed by atoms with van der Waals surface area (Å²) in [7, 11) is 0. The summed E-state index contributed by atoms with van der Waals surface area (Å²) in [6, 6.07) is 16.8. The molecule has 0 aliphatic carbocycles. The molecule has 0 aliphatic heterocycles. The Morgan fingerprint density at radius 3 is 1.15 bits per heavy atom. The molecule has 34 heavy (non-hydrogen) atoms. The molecule has 0 fully saturated rings. The fourth-order valence-corrected chi connectivity index (χ4v) is 8.30. The van der Waals surface area contributed by atoms with Crippen LogP contribution >= 0.6 is 54.5 Å². The van der Waals surface area contributed by atoms with Gasteiger partial charge < -0.3 is 0 Å². The Labute approximate surface area is 218 Å². The molecule has 7 aromatic rings. The molecule has 0 atom stereocenters. The molecule has 8 heteroatoms.